The van der Waals surface area contributed by atoms with E-state index < -0.39 is 11.7 Å². The Morgan fingerprint density at radius 2 is 1.52 bits per heavy atom. The number of H-pyrrole nitrogens is 1. The van der Waals surface area contributed by atoms with E-state index in [0.29, 0.717) is 79.4 Å². The Balaban J connectivity index is 0.00000497. The standard InChI is InChI=1S/C41H53FN6O5.H2S/c1-28-23-32(15-18-48(28)38(49)26-29-7-3-2-4-8-29)53-31-13-16-45(17-14-31)27-39(50)46-19-21-47(22-20-46)41(52)35-24-30(11-12-36(35)42)25-37-33-9-5-6-10-34(33)40(51)44-43-37;/h5-6,9-12,24,28-29,31-32H,2-4,7-8,13-23,25-27H2,1H3,(H,44,51);1H2. The topological polar surface area (TPSA) is 119 Å². The van der Waals surface area contributed by atoms with Crippen LogP contribution in [0.3, 0.4) is 0 Å². The van der Waals surface area contributed by atoms with Gasteiger partial charge in [0.05, 0.1) is 35.4 Å². The Hall–Kier alpha value is -3.81. The molecule has 3 saturated heterocycles. The van der Waals surface area contributed by atoms with Gasteiger partial charge >= 0.3 is 0 Å². The Kier molecular flexibility index (Phi) is 13.4. The molecule has 0 bridgehead atoms. The molecule has 3 aromatic rings. The largest absolute Gasteiger partial charge is 0.375 e. The molecule has 4 aliphatic rings. The highest BCUT2D eigenvalue weighted by molar-refractivity contribution is 7.59. The summed E-state index contributed by atoms with van der Waals surface area (Å²) in [6.07, 6.45) is 11.1. The summed E-state index contributed by atoms with van der Waals surface area (Å²) in [7, 11) is 0. The Labute approximate surface area is 324 Å². The van der Waals surface area contributed by atoms with Crippen molar-refractivity contribution in [2.45, 2.75) is 95.8 Å². The lowest BCUT2D eigenvalue weighted by molar-refractivity contribution is -0.141. The quantitative estimate of drug-likeness (QED) is 0.330. The van der Waals surface area contributed by atoms with Gasteiger partial charge in [0.2, 0.25) is 11.8 Å². The smallest absolute Gasteiger partial charge is 0.272 e. The van der Waals surface area contributed by atoms with E-state index in [1.165, 1.54) is 38.2 Å². The van der Waals surface area contributed by atoms with E-state index in [-0.39, 0.29) is 48.8 Å². The molecule has 0 radical (unpaired) electrons. The van der Waals surface area contributed by atoms with Crippen LogP contribution in [0.4, 0.5) is 4.39 Å². The summed E-state index contributed by atoms with van der Waals surface area (Å²) >= 11 is 0. The van der Waals surface area contributed by atoms with Gasteiger partial charge in [-0.15, -0.1) is 0 Å². The van der Waals surface area contributed by atoms with E-state index in [1.54, 1.807) is 34.1 Å². The number of halogens is 1. The summed E-state index contributed by atoms with van der Waals surface area (Å²) in [5.74, 6) is -0.0668. The molecule has 292 valence electrons. The number of nitrogens with zero attached hydrogens (tertiary/aromatic N) is 5. The van der Waals surface area contributed by atoms with E-state index in [0.717, 1.165) is 45.3 Å². The van der Waals surface area contributed by atoms with Gasteiger partial charge in [0, 0.05) is 70.1 Å². The maximum absolute atomic E-state index is 15.0. The summed E-state index contributed by atoms with van der Waals surface area (Å²) in [4.78, 5) is 59.7. The lowest BCUT2D eigenvalue weighted by Crippen LogP contribution is -2.53. The fourth-order valence-electron chi connectivity index (χ4n) is 8.82. The molecule has 2 unspecified atom stereocenters. The number of rotatable bonds is 9. The minimum absolute atomic E-state index is 0. The maximum Gasteiger partial charge on any atom is 0.272 e. The number of carbonyl (C=O) groups excluding carboxylic acids is 3. The van der Waals surface area contributed by atoms with Crippen LogP contribution in [0.25, 0.3) is 10.8 Å². The van der Waals surface area contributed by atoms with Crippen molar-refractivity contribution < 1.29 is 23.5 Å². The number of hydrogen-bond donors (Lipinski definition) is 1. The average molecular weight is 763 g/mol. The first-order valence-corrected chi connectivity index (χ1v) is 19.7. The molecule has 1 N–H and O–H groups in total. The molecule has 2 aromatic carbocycles. The number of hydrogen-bond acceptors (Lipinski definition) is 7. The van der Waals surface area contributed by atoms with Gasteiger partial charge in [0.1, 0.15) is 5.82 Å². The number of likely N-dealkylation sites (tertiary alicyclic amines) is 2. The maximum atomic E-state index is 15.0. The molecule has 2 atom stereocenters. The third-order valence-corrected chi connectivity index (χ3v) is 11.9. The summed E-state index contributed by atoms with van der Waals surface area (Å²) in [6.45, 7) is 6.33. The lowest BCUT2D eigenvalue weighted by Gasteiger charge is -2.41. The van der Waals surface area contributed by atoms with E-state index in [2.05, 4.69) is 26.9 Å². The number of piperazine rings is 1. The van der Waals surface area contributed by atoms with Crippen LogP contribution in [0, 0.1) is 11.7 Å². The highest BCUT2D eigenvalue weighted by atomic mass is 32.1. The molecule has 54 heavy (non-hydrogen) atoms. The van der Waals surface area contributed by atoms with Gasteiger partial charge in [-0.1, -0.05) is 43.5 Å². The van der Waals surface area contributed by atoms with Crippen LogP contribution in [-0.4, -0.2) is 118 Å². The van der Waals surface area contributed by atoms with Crippen LogP contribution < -0.4 is 5.56 Å². The SMILES string of the molecule is CC1CC(OC2CCN(CC(=O)N3CCN(C(=O)c4cc(Cc5n[nH]c(=O)c6ccccc56)ccc4F)CC3)CC2)CCN1C(=O)CC1CCCCC1.S. The predicted molar refractivity (Wildman–Crippen MR) is 210 cm³/mol. The molecule has 3 aliphatic heterocycles. The van der Waals surface area contributed by atoms with Crippen LogP contribution in [-0.2, 0) is 20.7 Å². The Morgan fingerprint density at radius 1 is 0.833 bits per heavy atom. The molecule has 3 amide bonds. The van der Waals surface area contributed by atoms with Gasteiger partial charge in [-0.3, -0.25) is 24.1 Å². The fourth-order valence-corrected chi connectivity index (χ4v) is 8.82. The number of carbonyl (C=O) groups is 3. The number of fused-ring (bicyclic) bond motifs is 1. The van der Waals surface area contributed by atoms with Crippen LogP contribution in [0.5, 0.6) is 0 Å². The van der Waals surface area contributed by atoms with Crippen molar-refractivity contribution in [1.82, 2.24) is 29.8 Å². The number of ether oxygens (including phenoxy) is 1. The first-order chi connectivity index (χ1) is 25.7. The van der Waals surface area contributed by atoms with Gasteiger partial charge in [-0.05, 0) is 75.1 Å². The first kappa shape index (κ1) is 39.9. The summed E-state index contributed by atoms with van der Waals surface area (Å²) in [6, 6.07) is 11.9. The molecule has 0 spiro atoms. The van der Waals surface area contributed by atoms with Gasteiger partial charge in [0.15, 0.2) is 0 Å². The number of aromatic amines is 1. The van der Waals surface area contributed by atoms with Crippen LogP contribution in [0.2, 0.25) is 0 Å². The number of benzene rings is 2. The van der Waals surface area contributed by atoms with Gasteiger partial charge in [-0.2, -0.15) is 18.6 Å². The molecule has 4 fully saturated rings. The molecular formula is C41H55FN6O5S. The zero-order valence-corrected chi connectivity index (χ0v) is 32.4. The highest BCUT2D eigenvalue weighted by Crippen LogP contribution is 2.30. The van der Waals surface area contributed by atoms with E-state index >= 15 is 0 Å². The van der Waals surface area contributed by atoms with Crippen molar-refractivity contribution >= 4 is 42.0 Å². The van der Waals surface area contributed by atoms with E-state index in [1.807, 2.05) is 12.1 Å². The van der Waals surface area contributed by atoms with Crippen molar-refractivity contribution in [3.63, 3.8) is 0 Å². The normalized spacial score (nSPS) is 21.9. The van der Waals surface area contributed by atoms with Crippen LogP contribution >= 0.6 is 13.5 Å². The van der Waals surface area contributed by atoms with E-state index in [4.69, 9.17) is 4.74 Å². The third kappa shape index (κ3) is 9.52. The fraction of sp³-hybridized carbons (Fsp3) is 0.585. The average Bonchev–Trinajstić information content (AvgIpc) is 3.17. The second-order valence-electron chi connectivity index (χ2n) is 15.6. The van der Waals surface area contributed by atoms with Gasteiger partial charge in [0.25, 0.3) is 11.5 Å². The minimum Gasteiger partial charge on any atom is -0.375 e. The monoisotopic (exact) mass is 762 g/mol. The minimum atomic E-state index is -0.594. The van der Waals surface area contributed by atoms with Crippen molar-refractivity contribution in [2.24, 2.45) is 5.92 Å². The zero-order valence-electron chi connectivity index (χ0n) is 31.4. The predicted octanol–water partition coefficient (Wildman–Crippen LogP) is 4.88. The Bertz CT molecular complexity index is 1840. The second-order valence-corrected chi connectivity index (χ2v) is 15.6. The Morgan fingerprint density at radius 3 is 2.24 bits per heavy atom. The molecule has 7 rings (SSSR count). The van der Waals surface area contributed by atoms with E-state index in [9.17, 15) is 23.6 Å². The van der Waals surface area contributed by atoms with Crippen LogP contribution in [0.1, 0.15) is 92.7 Å². The number of amides is 3. The van der Waals surface area contributed by atoms with Crippen molar-refractivity contribution in [3.05, 3.63) is 75.5 Å². The molecule has 13 heteroatoms. The second kappa shape index (κ2) is 18.2. The molecule has 1 saturated carbocycles. The number of aromatic nitrogens is 2. The summed E-state index contributed by atoms with van der Waals surface area (Å²) in [5, 5.41) is 7.99. The molecule has 1 aromatic heterocycles. The number of piperidine rings is 2. The lowest BCUT2D eigenvalue weighted by atomic mass is 9.86. The highest BCUT2D eigenvalue weighted by Gasteiger charge is 2.33. The van der Waals surface area contributed by atoms with Crippen molar-refractivity contribution in [2.75, 3.05) is 52.4 Å². The molecule has 1 aliphatic carbocycles. The molecule has 11 nitrogen and oxygen atoms in total. The van der Waals surface area contributed by atoms with Crippen molar-refractivity contribution in [1.29, 1.82) is 0 Å². The zero-order chi connectivity index (χ0) is 36.9. The van der Waals surface area contributed by atoms with Crippen LogP contribution in [0.15, 0.2) is 47.3 Å². The van der Waals surface area contributed by atoms with Crippen molar-refractivity contribution in [3.8, 4) is 0 Å². The summed E-state index contributed by atoms with van der Waals surface area (Å²) in [5.41, 5.74) is 1.06. The number of nitrogens with one attached hydrogen (secondary N) is 1. The first-order valence-electron chi connectivity index (χ1n) is 19.7. The third-order valence-electron chi connectivity index (χ3n) is 11.9. The molecule has 4 heterocycles. The van der Waals surface area contributed by atoms with Gasteiger partial charge < -0.3 is 19.4 Å². The molecular weight excluding hydrogens is 708 g/mol. The summed E-state index contributed by atoms with van der Waals surface area (Å²) < 4.78 is 21.5. The van der Waals surface area contributed by atoms with Gasteiger partial charge in [-0.25, -0.2) is 9.49 Å².